The van der Waals surface area contributed by atoms with E-state index in [1.807, 2.05) is 30.6 Å². The number of piperazine rings is 1. The minimum Gasteiger partial charge on any atom is -0.368 e. The number of pyridine rings is 1. The Morgan fingerprint density at radius 1 is 1.08 bits per heavy atom. The highest BCUT2D eigenvalue weighted by Gasteiger charge is 2.30. The minimum absolute atomic E-state index is 0.0485. The molecule has 1 aromatic rings. The molecule has 2 fully saturated rings. The molecule has 0 N–H and O–H groups in total. The molecule has 0 aliphatic carbocycles. The van der Waals surface area contributed by atoms with Crippen LogP contribution >= 0.6 is 0 Å². The quantitative estimate of drug-likeness (QED) is 0.830. The van der Waals surface area contributed by atoms with Gasteiger partial charge < -0.3 is 14.7 Å². The molecule has 0 unspecified atom stereocenters. The Morgan fingerprint density at radius 3 is 2.38 bits per heavy atom. The fourth-order valence-electron chi connectivity index (χ4n) is 3.91. The fourth-order valence-corrected chi connectivity index (χ4v) is 3.91. The van der Waals surface area contributed by atoms with Gasteiger partial charge in [-0.15, -0.1) is 0 Å². The van der Waals surface area contributed by atoms with Crippen molar-refractivity contribution in [3.63, 3.8) is 0 Å². The zero-order valence-electron chi connectivity index (χ0n) is 16.4. The van der Waals surface area contributed by atoms with Crippen molar-refractivity contribution in [2.24, 2.45) is 5.92 Å². The normalized spacial score (nSPS) is 20.8. The van der Waals surface area contributed by atoms with Gasteiger partial charge in [0.1, 0.15) is 0 Å². The van der Waals surface area contributed by atoms with E-state index in [1.54, 1.807) is 6.92 Å². The van der Waals surface area contributed by atoms with Crippen molar-refractivity contribution in [2.75, 3.05) is 44.2 Å². The van der Waals surface area contributed by atoms with Gasteiger partial charge >= 0.3 is 0 Å². The second kappa shape index (κ2) is 7.64. The lowest BCUT2D eigenvalue weighted by Gasteiger charge is -2.36. The van der Waals surface area contributed by atoms with Crippen molar-refractivity contribution in [1.82, 2.24) is 14.8 Å². The van der Waals surface area contributed by atoms with E-state index in [0.29, 0.717) is 5.92 Å². The van der Waals surface area contributed by atoms with Gasteiger partial charge in [-0.1, -0.05) is 13.8 Å². The molecular weight excluding hydrogens is 328 g/mol. The van der Waals surface area contributed by atoms with Crippen LogP contribution in [0.1, 0.15) is 44.5 Å². The summed E-state index contributed by atoms with van der Waals surface area (Å²) in [6.45, 7) is 12.4. The van der Waals surface area contributed by atoms with Crippen LogP contribution < -0.4 is 4.90 Å². The van der Waals surface area contributed by atoms with E-state index in [1.165, 1.54) is 5.69 Å². The van der Waals surface area contributed by atoms with Crippen molar-refractivity contribution >= 4 is 17.5 Å². The first-order chi connectivity index (χ1) is 12.3. The van der Waals surface area contributed by atoms with Crippen LogP contribution in [-0.4, -0.2) is 65.9 Å². The van der Waals surface area contributed by atoms with E-state index >= 15 is 0 Å². The predicted molar refractivity (Wildman–Crippen MR) is 102 cm³/mol. The third-order valence-corrected chi connectivity index (χ3v) is 5.46. The Labute approximate surface area is 156 Å². The van der Waals surface area contributed by atoms with E-state index in [0.717, 1.165) is 57.1 Å². The molecule has 26 heavy (non-hydrogen) atoms. The van der Waals surface area contributed by atoms with E-state index in [4.69, 9.17) is 4.98 Å². The number of amides is 2. The van der Waals surface area contributed by atoms with Gasteiger partial charge in [0.25, 0.3) is 0 Å². The number of hydrogen-bond acceptors (Lipinski definition) is 4. The lowest BCUT2D eigenvalue weighted by Crippen LogP contribution is -2.48. The van der Waals surface area contributed by atoms with Crippen molar-refractivity contribution in [1.29, 1.82) is 0 Å². The Bertz CT molecular complexity index is 680. The molecule has 2 amide bonds. The topological polar surface area (TPSA) is 56.8 Å². The maximum absolute atomic E-state index is 12.3. The average Bonchev–Trinajstić information content (AvgIpc) is 3.10. The molecule has 0 aromatic carbocycles. The molecule has 6 nitrogen and oxygen atoms in total. The zero-order valence-corrected chi connectivity index (χ0v) is 16.4. The van der Waals surface area contributed by atoms with Gasteiger partial charge in [-0.25, -0.2) is 0 Å². The van der Waals surface area contributed by atoms with Gasteiger partial charge in [-0.3, -0.25) is 14.6 Å². The number of hydrogen-bond donors (Lipinski definition) is 0. The summed E-state index contributed by atoms with van der Waals surface area (Å²) in [5.74, 6) is 0.750. The molecule has 3 heterocycles. The van der Waals surface area contributed by atoms with Crippen molar-refractivity contribution < 1.29 is 9.59 Å². The number of carbonyl (C=O) groups excluding carboxylic acids is 2. The minimum atomic E-state index is 0.0485. The van der Waals surface area contributed by atoms with Crippen LogP contribution in [-0.2, 0) is 9.59 Å². The SMILES string of the molecule is CC(=O)N1CCN(c2cc(C)nc([C@H]3CCN(C(=O)C(C)C)C3)c2)CC1. The Kier molecular flexibility index (Phi) is 5.49. The first-order valence-electron chi connectivity index (χ1n) is 9.63. The Balaban J connectivity index is 1.71. The van der Waals surface area contributed by atoms with Gasteiger partial charge in [0, 0.05) is 75.1 Å². The number of carbonyl (C=O) groups is 2. The molecule has 0 saturated carbocycles. The van der Waals surface area contributed by atoms with E-state index in [9.17, 15) is 9.59 Å². The number of aryl methyl sites for hydroxylation is 1. The largest absolute Gasteiger partial charge is 0.368 e. The third kappa shape index (κ3) is 4.00. The van der Waals surface area contributed by atoms with Gasteiger partial charge in [0.15, 0.2) is 0 Å². The van der Waals surface area contributed by atoms with Gasteiger partial charge in [-0.05, 0) is 25.5 Å². The smallest absolute Gasteiger partial charge is 0.225 e. The summed E-state index contributed by atoms with van der Waals surface area (Å²) < 4.78 is 0. The van der Waals surface area contributed by atoms with E-state index in [2.05, 4.69) is 17.0 Å². The maximum Gasteiger partial charge on any atom is 0.225 e. The molecule has 2 saturated heterocycles. The summed E-state index contributed by atoms with van der Waals surface area (Å²) in [5.41, 5.74) is 3.29. The van der Waals surface area contributed by atoms with E-state index < -0.39 is 0 Å². The molecular formula is C20H30N4O2. The summed E-state index contributed by atoms with van der Waals surface area (Å²) in [4.78, 5) is 34.8. The lowest BCUT2D eigenvalue weighted by molar-refractivity contribution is -0.133. The maximum atomic E-state index is 12.3. The zero-order chi connectivity index (χ0) is 18.8. The number of likely N-dealkylation sites (tertiary alicyclic amines) is 1. The lowest BCUT2D eigenvalue weighted by atomic mass is 10.0. The highest BCUT2D eigenvalue weighted by molar-refractivity contribution is 5.78. The molecule has 3 rings (SSSR count). The van der Waals surface area contributed by atoms with Crippen LogP contribution in [0.25, 0.3) is 0 Å². The standard InChI is InChI=1S/C20H30N4O2/c1-14(2)20(26)24-6-5-17(13-24)19-12-18(11-15(3)21-19)23-9-7-22(8-10-23)16(4)25/h11-12,14,17H,5-10,13H2,1-4H3/t17-/m0/s1. The fraction of sp³-hybridized carbons (Fsp3) is 0.650. The van der Waals surface area contributed by atoms with Gasteiger partial charge in [0.2, 0.25) is 11.8 Å². The molecule has 0 bridgehead atoms. The van der Waals surface area contributed by atoms with Crippen molar-refractivity contribution in [3.8, 4) is 0 Å². The first-order valence-corrected chi connectivity index (χ1v) is 9.63. The Hall–Kier alpha value is -2.11. The van der Waals surface area contributed by atoms with Crippen molar-refractivity contribution in [3.05, 3.63) is 23.5 Å². The van der Waals surface area contributed by atoms with Gasteiger partial charge in [-0.2, -0.15) is 0 Å². The summed E-state index contributed by atoms with van der Waals surface area (Å²) >= 11 is 0. The van der Waals surface area contributed by atoms with Crippen LogP contribution in [0.3, 0.4) is 0 Å². The molecule has 1 aromatic heterocycles. The predicted octanol–water partition coefficient (Wildman–Crippen LogP) is 2.03. The van der Waals surface area contributed by atoms with Crippen LogP contribution in [0.4, 0.5) is 5.69 Å². The third-order valence-electron chi connectivity index (χ3n) is 5.46. The number of rotatable bonds is 3. The van der Waals surface area contributed by atoms with E-state index in [-0.39, 0.29) is 17.7 Å². The molecule has 0 spiro atoms. The van der Waals surface area contributed by atoms with Gasteiger partial charge in [0.05, 0.1) is 0 Å². The van der Waals surface area contributed by atoms with Crippen LogP contribution in [0, 0.1) is 12.8 Å². The first kappa shape index (κ1) is 18.7. The summed E-state index contributed by atoms with van der Waals surface area (Å²) in [6.07, 6.45) is 0.979. The second-order valence-electron chi connectivity index (χ2n) is 7.81. The monoisotopic (exact) mass is 358 g/mol. The molecule has 1 atom stereocenters. The van der Waals surface area contributed by atoms with Crippen molar-refractivity contribution in [2.45, 2.75) is 40.0 Å². The molecule has 2 aliphatic rings. The number of nitrogens with zero attached hydrogens (tertiary/aromatic N) is 4. The van der Waals surface area contributed by atoms with Crippen LogP contribution in [0.2, 0.25) is 0 Å². The summed E-state index contributed by atoms with van der Waals surface area (Å²) in [5, 5.41) is 0. The second-order valence-corrected chi connectivity index (χ2v) is 7.81. The summed E-state index contributed by atoms with van der Waals surface area (Å²) in [6, 6.07) is 4.31. The molecule has 142 valence electrons. The number of aromatic nitrogens is 1. The molecule has 6 heteroatoms. The summed E-state index contributed by atoms with van der Waals surface area (Å²) in [7, 11) is 0. The molecule has 0 radical (unpaired) electrons. The highest BCUT2D eigenvalue weighted by atomic mass is 16.2. The number of anilines is 1. The molecule has 2 aliphatic heterocycles. The average molecular weight is 358 g/mol. The van der Waals surface area contributed by atoms with Crippen LogP contribution in [0.15, 0.2) is 12.1 Å². The highest BCUT2D eigenvalue weighted by Crippen LogP contribution is 2.30. The Morgan fingerprint density at radius 2 is 1.77 bits per heavy atom. The van der Waals surface area contributed by atoms with Crippen LogP contribution in [0.5, 0.6) is 0 Å².